The van der Waals surface area contributed by atoms with Gasteiger partial charge in [0.15, 0.2) is 11.9 Å². The Morgan fingerprint density at radius 3 is 2.89 bits per heavy atom. The first-order valence-electron chi connectivity index (χ1n) is 8.63. The van der Waals surface area contributed by atoms with E-state index in [9.17, 15) is 14.4 Å². The molecule has 3 N–H and O–H groups in total. The van der Waals surface area contributed by atoms with Gasteiger partial charge in [0.1, 0.15) is 23.2 Å². The van der Waals surface area contributed by atoms with Gasteiger partial charge in [0.2, 0.25) is 0 Å². The molecule has 3 rings (SSSR count). The van der Waals surface area contributed by atoms with E-state index in [2.05, 4.69) is 10.4 Å². The summed E-state index contributed by atoms with van der Waals surface area (Å²) in [6.07, 6.45) is -1.53. The lowest BCUT2D eigenvalue weighted by Gasteiger charge is -2.23. The highest BCUT2D eigenvalue weighted by molar-refractivity contribution is 6.31. The maximum absolute atomic E-state index is 14.9. The van der Waals surface area contributed by atoms with Gasteiger partial charge in [-0.2, -0.15) is 10.4 Å². The molecule has 1 aliphatic rings. The van der Waals surface area contributed by atoms with Crippen LogP contribution in [0.4, 0.5) is 15.0 Å². The molecule has 2 aromatic rings. The van der Waals surface area contributed by atoms with Crippen LogP contribution in [0.5, 0.6) is 5.75 Å². The molecule has 0 spiro atoms. The molecule has 0 bridgehead atoms. The van der Waals surface area contributed by atoms with E-state index < -0.39 is 24.1 Å². The smallest absolute Gasteiger partial charge is 0.407 e. The van der Waals surface area contributed by atoms with Crippen LogP contribution in [0, 0.1) is 24.1 Å². The lowest BCUT2D eigenvalue weighted by atomic mass is 9.99. The summed E-state index contributed by atoms with van der Waals surface area (Å²) < 4.78 is 27.2. The fourth-order valence-electron chi connectivity index (χ4n) is 3.23. The van der Waals surface area contributed by atoms with Gasteiger partial charge in [-0.1, -0.05) is 11.6 Å². The second kappa shape index (κ2) is 7.56. The van der Waals surface area contributed by atoms with Gasteiger partial charge in [-0.25, -0.2) is 13.9 Å². The summed E-state index contributed by atoms with van der Waals surface area (Å²) in [7, 11) is 0. The van der Waals surface area contributed by atoms with Crippen LogP contribution in [0.3, 0.4) is 0 Å². The van der Waals surface area contributed by atoms with Crippen molar-refractivity contribution in [1.29, 1.82) is 5.26 Å². The molecular weight excluding hydrogens is 389 g/mol. The van der Waals surface area contributed by atoms with Crippen LogP contribution in [-0.2, 0) is 4.74 Å². The Morgan fingerprint density at radius 2 is 2.36 bits per heavy atom. The largest absolute Gasteiger partial charge is 0.493 e. The highest BCUT2D eigenvalue weighted by atomic mass is 35.5. The summed E-state index contributed by atoms with van der Waals surface area (Å²) in [5, 5.41) is 15.9. The molecule has 2 atom stereocenters. The number of hydrogen-bond acceptors (Lipinski definition) is 6. The number of ether oxygens (including phenoxy) is 2. The number of carbonyl (C=O) groups excluding carboxylic acids is 1. The zero-order valence-corrected chi connectivity index (χ0v) is 16.3. The van der Waals surface area contributed by atoms with Crippen molar-refractivity contribution in [1.82, 2.24) is 15.1 Å². The average Bonchev–Trinajstić information content (AvgIpc) is 3.20. The highest BCUT2D eigenvalue weighted by Crippen LogP contribution is 2.42. The summed E-state index contributed by atoms with van der Waals surface area (Å²) in [4.78, 5) is 11.5. The lowest BCUT2D eigenvalue weighted by Crippen LogP contribution is -2.17. The molecule has 148 valence electrons. The summed E-state index contributed by atoms with van der Waals surface area (Å²) in [6, 6.07) is 2.93. The van der Waals surface area contributed by atoms with E-state index in [0.29, 0.717) is 11.3 Å². The normalized spacial score (nSPS) is 17.0. The minimum Gasteiger partial charge on any atom is -0.493 e. The van der Waals surface area contributed by atoms with Gasteiger partial charge in [0.05, 0.1) is 35.5 Å². The topological polar surface area (TPSA) is 115 Å². The zero-order valence-electron chi connectivity index (χ0n) is 15.5. The molecular formula is C18H19ClFN5O3. The van der Waals surface area contributed by atoms with E-state index >= 15 is 0 Å². The predicted octanol–water partition coefficient (Wildman–Crippen LogP) is 3.23. The van der Waals surface area contributed by atoms with Gasteiger partial charge in [-0.3, -0.25) is 0 Å². The number of nitrogens with one attached hydrogen (secondary N) is 1. The van der Waals surface area contributed by atoms with E-state index in [0.717, 1.165) is 0 Å². The third-order valence-corrected chi connectivity index (χ3v) is 4.85. The summed E-state index contributed by atoms with van der Waals surface area (Å²) in [6.45, 7) is 5.54. The van der Waals surface area contributed by atoms with Gasteiger partial charge in [0.25, 0.3) is 0 Å². The van der Waals surface area contributed by atoms with Crippen LogP contribution in [0.25, 0.3) is 0 Å². The van der Waals surface area contributed by atoms with E-state index in [1.54, 1.807) is 20.8 Å². The number of nitrogens with two attached hydrogens (primary N) is 1. The van der Waals surface area contributed by atoms with Crippen molar-refractivity contribution in [3.8, 4) is 11.8 Å². The molecule has 0 aliphatic carbocycles. The fraction of sp³-hybridized carbons (Fsp3) is 0.389. The van der Waals surface area contributed by atoms with Crippen molar-refractivity contribution in [3.05, 3.63) is 39.3 Å². The van der Waals surface area contributed by atoms with Gasteiger partial charge >= 0.3 is 6.09 Å². The minimum absolute atomic E-state index is 0.0532. The first kappa shape index (κ1) is 19.8. The molecule has 2 heterocycles. The monoisotopic (exact) mass is 407 g/mol. The number of nitrogens with zero attached hydrogens (tertiary/aromatic N) is 3. The number of benzene rings is 1. The third kappa shape index (κ3) is 3.20. The number of rotatable bonds is 5. The number of halogens is 2. The van der Waals surface area contributed by atoms with E-state index in [-0.39, 0.29) is 40.9 Å². The highest BCUT2D eigenvalue weighted by Gasteiger charge is 2.34. The van der Waals surface area contributed by atoms with Gasteiger partial charge in [-0.05, 0) is 26.8 Å². The number of carbonyl (C=O) groups is 1. The molecule has 0 saturated carbocycles. The first-order chi connectivity index (χ1) is 13.3. The molecule has 1 aromatic heterocycles. The van der Waals surface area contributed by atoms with Crippen molar-refractivity contribution in [2.75, 3.05) is 18.9 Å². The number of aryl methyl sites for hydroxylation is 1. The van der Waals surface area contributed by atoms with Crippen molar-refractivity contribution in [3.63, 3.8) is 0 Å². The van der Waals surface area contributed by atoms with Crippen LogP contribution in [-0.4, -0.2) is 29.0 Å². The van der Waals surface area contributed by atoms with E-state index in [1.165, 1.54) is 10.7 Å². The van der Waals surface area contributed by atoms with Gasteiger partial charge in [-0.15, -0.1) is 0 Å². The Balaban J connectivity index is 2.19. The molecule has 1 saturated heterocycles. The molecule has 0 radical (unpaired) electrons. The van der Waals surface area contributed by atoms with Crippen LogP contribution in [0.15, 0.2) is 6.07 Å². The zero-order chi connectivity index (χ0) is 20.6. The Hall–Kier alpha value is -2.99. The van der Waals surface area contributed by atoms with Crippen molar-refractivity contribution in [2.45, 2.75) is 32.9 Å². The molecule has 8 nitrogen and oxygen atoms in total. The molecule has 1 aromatic carbocycles. The number of anilines is 1. The molecule has 1 amide bonds. The number of alkyl carbamates (subject to hydrolysis) is 1. The Kier molecular flexibility index (Phi) is 5.34. The maximum atomic E-state index is 14.9. The summed E-state index contributed by atoms with van der Waals surface area (Å²) in [5.74, 6) is -0.319. The number of nitrogen functional groups attached to an aromatic ring is 1. The van der Waals surface area contributed by atoms with Crippen LogP contribution < -0.4 is 15.8 Å². The molecule has 10 heteroatoms. The molecule has 1 fully saturated rings. The van der Waals surface area contributed by atoms with Crippen molar-refractivity contribution in [2.24, 2.45) is 0 Å². The fourth-order valence-corrected chi connectivity index (χ4v) is 3.45. The SMILES string of the molecule is CCOc1c([C@H](C)n2nc(C)c(C#N)c2N)cc(Cl)c(F)c1[C@@H]1CNC(=O)O1. The Morgan fingerprint density at radius 1 is 1.64 bits per heavy atom. The van der Waals surface area contributed by atoms with Gasteiger partial charge < -0.3 is 20.5 Å². The number of nitriles is 1. The molecule has 0 unspecified atom stereocenters. The number of amides is 1. The second-order valence-corrected chi connectivity index (χ2v) is 6.70. The Labute approximate surface area is 166 Å². The maximum Gasteiger partial charge on any atom is 0.407 e. The minimum atomic E-state index is -0.884. The van der Waals surface area contributed by atoms with Crippen molar-refractivity contribution < 1.29 is 18.7 Å². The number of aromatic nitrogens is 2. The van der Waals surface area contributed by atoms with Crippen molar-refractivity contribution >= 4 is 23.5 Å². The standard InChI is InChI=1S/C18H19ClFN5O3/c1-4-27-16-10(9(3)25-17(22)11(6-21)8(2)24-25)5-12(19)15(20)14(16)13-7-23-18(26)28-13/h5,9,13H,4,7,22H2,1-3H3,(H,23,26)/t9-,13-/m0/s1. The van der Waals surface area contributed by atoms with Crippen LogP contribution >= 0.6 is 11.6 Å². The average molecular weight is 408 g/mol. The predicted molar refractivity (Wildman–Crippen MR) is 99.7 cm³/mol. The van der Waals surface area contributed by atoms with Crippen LogP contribution in [0.1, 0.15) is 48.4 Å². The molecule has 1 aliphatic heterocycles. The lowest BCUT2D eigenvalue weighted by molar-refractivity contribution is 0.137. The number of hydrogen-bond donors (Lipinski definition) is 2. The summed E-state index contributed by atoms with van der Waals surface area (Å²) in [5.41, 5.74) is 7.38. The Bertz CT molecular complexity index is 985. The summed E-state index contributed by atoms with van der Waals surface area (Å²) >= 11 is 6.14. The van der Waals surface area contributed by atoms with E-state index in [1.807, 2.05) is 6.07 Å². The van der Waals surface area contributed by atoms with Gasteiger partial charge in [0, 0.05) is 5.56 Å². The quantitative estimate of drug-likeness (QED) is 0.786. The van der Waals surface area contributed by atoms with Crippen LogP contribution in [0.2, 0.25) is 5.02 Å². The third-order valence-electron chi connectivity index (χ3n) is 4.58. The van der Waals surface area contributed by atoms with E-state index in [4.69, 9.17) is 26.8 Å². The second-order valence-electron chi connectivity index (χ2n) is 6.29. The molecule has 28 heavy (non-hydrogen) atoms. The number of cyclic esters (lactones) is 1. The first-order valence-corrected chi connectivity index (χ1v) is 9.01.